The molecule has 16 heavy (non-hydrogen) atoms. The molecule has 1 aromatic rings. The smallest absolute Gasteiger partial charge is 0.119 e. The zero-order valence-electron chi connectivity index (χ0n) is 9.53. The average Bonchev–Trinajstić information content (AvgIpc) is 2.34. The summed E-state index contributed by atoms with van der Waals surface area (Å²) >= 11 is 3.41. The van der Waals surface area contributed by atoms with Gasteiger partial charge in [0.2, 0.25) is 0 Å². The van der Waals surface area contributed by atoms with Crippen molar-refractivity contribution in [1.82, 2.24) is 0 Å². The number of para-hydroxylation sites is 1. The van der Waals surface area contributed by atoms with Crippen molar-refractivity contribution in [2.45, 2.75) is 19.3 Å². The minimum absolute atomic E-state index is 0.627. The monoisotopic (exact) mass is 286 g/mol. The maximum absolute atomic E-state index is 5.50. The Labute approximate surface area is 106 Å². The van der Waals surface area contributed by atoms with Crippen LogP contribution in [-0.4, -0.2) is 25.2 Å². The molecule has 0 spiro atoms. The van der Waals surface area contributed by atoms with E-state index < -0.39 is 0 Å². The van der Waals surface area contributed by atoms with Gasteiger partial charge in [-0.3, -0.25) is 0 Å². The summed E-state index contributed by atoms with van der Waals surface area (Å²) in [5, 5.41) is 1.09. The van der Waals surface area contributed by atoms with Crippen LogP contribution in [0.5, 0.6) is 5.75 Å². The van der Waals surface area contributed by atoms with Crippen molar-refractivity contribution >= 4 is 15.9 Å². The molecular weight excluding hydrogens is 268 g/mol. The predicted octanol–water partition coefficient (Wildman–Crippen LogP) is 3.65. The lowest BCUT2D eigenvalue weighted by molar-refractivity contribution is 0.0974. The summed E-state index contributed by atoms with van der Waals surface area (Å²) in [7, 11) is 0. The molecule has 0 amide bonds. The van der Waals surface area contributed by atoms with Crippen LogP contribution in [0.4, 0.5) is 0 Å². The van der Waals surface area contributed by atoms with Crippen LogP contribution in [0.2, 0.25) is 0 Å². The van der Waals surface area contributed by atoms with E-state index in [9.17, 15) is 0 Å². The number of halogens is 1. The topological polar surface area (TPSA) is 18.5 Å². The van der Waals surface area contributed by atoms with Crippen molar-refractivity contribution in [1.29, 1.82) is 0 Å². The van der Waals surface area contributed by atoms with Gasteiger partial charge in [-0.2, -0.15) is 0 Å². The molecule has 0 unspecified atom stereocenters. The predicted molar refractivity (Wildman–Crippen MR) is 70.4 cm³/mol. The molecule has 0 aromatic heterocycles. The van der Waals surface area contributed by atoms with Crippen LogP contribution < -0.4 is 4.74 Å². The Morgan fingerprint density at radius 1 is 0.875 bits per heavy atom. The SMILES string of the molecule is BrCCCCCOCCOc1ccccc1. The summed E-state index contributed by atoms with van der Waals surface area (Å²) in [6, 6.07) is 9.83. The third-order valence-electron chi connectivity index (χ3n) is 2.16. The fourth-order valence-corrected chi connectivity index (χ4v) is 1.71. The molecule has 90 valence electrons. The fraction of sp³-hybridized carbons (Fsp3) is 0.538. The number of alkyl halides is 1. The van der Waals surface area contributed by atoms with Gasteiger partial charge in [0, 0.05) is 11.9 Å². The van der Waals surface area contributed by atoms with Crippen LogP contribution in [0.1, 0.15) is 19.3 Å². The Morgan fingerprint density at radius 2 is 1.69 bits per heavy atom. The van der Waals surface area contributed by atoms with E-state index in [2.05, 4.69) is 15.9 Å². The Kier molecular flexibility index (Phi) is 8.17. The van der Waals surface area contributed by atoms with Gasteiger partial charge in [0.1, 0.15) is 12.4 Å². The Bertz CT molecular complexity index is 251. The van der Waals surface area contributed by atoms with Crippen molar-refractivity contribution in [3.8, 4) is 5.75 Å². The summed E-state index contributed by atoms with van der Waals surface area (Å²) in [4.78, 5) is 0. The van der Waals surface area contributed by atoms with E-state index in [-0.39, 0.29) is 0 Å². The maximum Gasteiger partial charge on any atom is 0.119 e. The van der Waals surface area contributed by atoms with Gasteiger partial charge < -0.3 is 9.47 Å². The van der Waals surface area contributed by atoms with Gasteiger partial charge in [0.15, 0.2) is 0 Å². The molecule has 0 aliphatic carbocycles. The van der Waals surface area contributed by atoms with Crippen LogP contribution in [0, 0.1) is 0 Å². The molecule has 2 nitrogen and oxygen atoms in total. The van der Waals surface area contributed by atoms with Crippen molar-refractivity contribution in [2.75, 3.05) is 25.2 Å². The third-order valence-corrected chi connectivity index (χ3v) is 2.72. The van der Waals surface area contributed by atoms with Crippen molar-refractivity contribution in [3.05, 3.63) is 30.3 Å². The number of rotatable bonds is 9. The molecule has 0 saturated heterocycles. The van der Waals surface area contributed by atoms with Crippen molar-refractivity contribution in [2.24, 2.45) is 0 Å². The van der Waals surface area contributed by atoms with E-state index in [1.165, 1.54) is 12.8 Å². The highest BCUT2D eigenvalue weighted by atomic mass is 79.9. The first-order valence-corrected chi connectivity index (χ1v) is 6.87. The average molecular weight is 287 g/mol. The van der Waals surface area contributed by atoms with E-state index in [0.717, 1.165) is 24.1 Å². The first-order chi connectivity index (χ1) is 7.93. The van der Waals surface area contributed by atoms with Crippen molar-refractivity contribution in [3.63, 3.8) is 0 Å². The molecule has 0 radical (unpaired) electrons. The Morgan fingerprint density at radius 3 is 2.44 bits per heavy atom. The molecule has 0 aliphatic rings. The second kappa shape index (κ2) is 9.67. The van der Waals surface area contributed by atoms with Gasteiger partial charge in [0.05, 0.1) is 6.61 Å². The first-order valence-electron chi connectivity index (χ1n) is 5.75. The molecule has 0 saturated carbocycles. The quantitative estimate of drug-likeness (QED) is 0.510. The van der Waals surface area contributed by atoms with E-state index in [0.29, 0.717) is 13.2 Å². The third kappa shape index (κ3) is 6.85. The van der Waals surface area contributed by atoms with Crippen molar-refractivity contribution < 1.29 is 9.47 Å². The Hall–Kier alpha value is -0.540. The fourth-order valence-electron chi connectivity index (χ4n) is 1.31. The minimum atomic E-state index is 0.627. The van der Waals surface area contributed by atoms with Crippen LogP contribution in [0.25, 0.3) is 0 Å². The maximum atomic E-state index is 5.50. The highest BCUT2D eigenvalue weighted by Crippen LogP contribution is 2.07. The molecule has 0 bridgehead atoms. The summed E-state index contributed by atoms with van der Waals surface area (Å²) in [6.07, 6.45) is 3.59. The summed E-state index contributed by atoms with van der Waals surface area (Å²) in [5.41, 5.74) is 0. The lowest BCUT2D eigenvalue weighted by Gasteiger charge is -2.06. The van der Waals surface area contributed by atoms with E-state index >= 15 is 0 Å². The van der Waals surface area contributed by atoms with Gasteiger partial charge in [-0.15, -0.1) is 0 Å². The van der Waals surface area contributed by atoms with Crippen LogP contribution >= 0.6 is 15.9 Å². The molecule has 1 aromatic carbocycles. The molecular formula is C13H19BrO2. The molecule has 0 heterocycles. The molecule has 1 rings (SSSR count). The second-order valence-electron chi connectivity index (χ2n) is 3.52. The number of benzene rings is 1. The molecule has 3 heteroatoms. The second-order valence-corrected chi connectivity index (χ2v) is 4.32. The molecule has 0 fully saturated rings. The van der Waals surface area contributed by atoms with E-state index in [1.54, 1.807) is 0 Å². The highest BCUT2D eigenvalue weighted by Gasteiger charge is 1.92. The van der Waals surface area contributed by atoms with Gasteiger partial charge in [0.25, 0.3) is 0 Å². The molecule has 0 N–H and O–H groups in total. The normalized spacial score (nSPS) is 10.3. The zero-order valence-corrected chi connectivity index (χ0v) is 11.1. The lowest BCUT2D eigenvalue weighted by atomic mass is 10.3. The molecule has 0 atom stereocenters. The summed E-state index contributed by atoms with van der Waals surface area (Å²) < 4.78 is 11.0. The summed E-state index contributed by atoms with van der Waals surface area (Å²) in [6.45, 7) is 2.14. The summed E-state index contributed by atoms with van der Waals surface area (Å²) in [5.74, 6) is 0.908. The molecule has 0 aliphatic heterocycles. The number of unbranched alkanes of at least 4 members (excludes halogenated alkanes) is 2. The van der Waals surface area contributed by atoms with E-state index in [4.69, 9.17) is 9.47 Å². The van der Waals surface area contributed by atoms with Gasteiger partial charge in [-0.1, -0.05) is 40.5 Å². The zero-order chi connectivity index (χ0) is 11.5. The van der Waals surface area contributed by atoms with Crippen LogP contribution in [0.3, 0.4) is 0 Å². The number of hydrogen-bond acceptors (Lipinski definition) is 2. The van der Waals surface area contributed by atoms with Gasteiger partial charge in [-0.05, 0) is 25.0 Å². The van der Waals surface area contributed by atoms with Crippen LogP contribution in [-0.2, 0) is 4.74 Å². The Balaban J connectivity index is 1.89. The van der Waals surface area contributed by atoms with Gasteiger partial charge >= 0.3 is 0 Å². The lowest BCUT2D eigenvalue weighted by Crippen LogP contribution is -2.07. The first kappa shape index (κ1) is 13.5. The van der Waals surface area contributed by atoms with E-state index in [1.807, 2.05) is 30.3 Å². The largest absolute Gasteiger partial charge is 0.491 e. The standard InChI is InChI=1S/C13H19BrO2/c14-9-5-2-6-10-15-11-12-16-13-7-3-1-4-8-13/h1,3-4,7-8H,2,5-6,9-12H2. The number of ether oxygens (including phenoxy) is 2. The van der Waals surface area contributed by atoms with Gasteiger partial charge in [-0.25, -0.2) is 0 Å². The van der Waals surface area contributed by atoms with Crippen LogP contribution in [0.15, 0.2) is 30.3 Å². The highest BCUT2D eigenvalue weighted by molar-refractivity contribution is 9.09. The number of hydrogen-bond donors (Lipinski definition) is 0. The minimum Gasteiger partial charge on any atom is -0.491 e.